The Morgan fingerprint density at radius 1 is 0.833 bits per heavy atom. The SMILES string of the molecule is CC(Nc1nc(NC(C)C(F)(F)F)nc(-c2cccc(S(C)(=O)=O)n2)n1)C(F)(F)F. The first-order chi connectivity index (χ1) is 13.6. The molecular weight excluding hydrogens is 442 g/mol. The molecule has 2 rings (SSSR count). The first kappa shape index (κ1) is 23.6. The van der Waals surface area contributed by atoms with Gasteiger partial charge in [0, 0.05) is 6.26 Å². The zero-order valence-electron chi connectivity index (χ0n) is 15.7. The zero-order valence-corrected chi connectivity index (χ0v) is 16.5. The number of rotatable bonds is 6. The van der Waals surface area contributed by atoms with Gasteiger partial charge in [-0.05, 0) is 26.0 Å². The molecule has 0 aromatic carbocycles. The predicted molar refractivity (Wildman–Crippen MR) is 94.4 cm³/mol. The van der Waals surface area contributed by atoms with Gasteiger partial charge < -0.3 is 10.6 Å². The maximum atomic E-state index is 12.8. The van der Waals surface area contributed by atoms with Gasteiger partial charge in [-0.25, -0.2) is 13.4 Å². The summed E-state index contributed by atoms with van der Waals surface area (Å²) >= 11 is 0. The van der Waals surface area contributed by atoms with Crippen molar-refractivity contribution in [3.63, 3.8) is 0 Å². The van der Waals surface area contributed by atoms with E-state index < -0.39 is 52.0 Å². The second-order valence-corrected chi connectivity index (χ2v) is 8.22. The number of alkyl halides is 6. The standard InChI is InChI=1S/C15H16F6N6O2S/c1-7(14(16,17)18)22-12-25-11(9-5-4-6-10(24-9)30(3,28)29)26-13(27-12)23-8(2)15(19,20)21/h4-8H,1-3H3,(H2,22,23,25,26,27). The molecule has 0 amide bonds. The van der Waals surface area contributed by atoms with Crippen LogP contribution in [0.25, 0.3) is 11.5 Å². The number of aromatic nitrogens is 4. The molecule has 0 spiro atoms. The molecule has 15 heteroatoms. The highest BCUT2D eigenvalue weighted by Crippen LogP contribution is 2.26. The monoisotopic (exact) mass is 458 g/mol. The predicted octanol–water partition coefficient (Wildman–Crippen LogP) is 3.06. The van der Waals surface area contributed by atoms with Gasteiger partial charge in [-0.2, -0.15) is 41.3 Å². The van der Waals surface area contributed by atoms with Crippen molar-refractivity contribution in [3.8, 4) is 11.5 Å². The molecule has 2 unspecified atom stereocenters. The Hall–Kier alpha value is -2.71. The van der Waals surface area contributed by atoms with E-state index in [0.717, 1.165) is 26.2 Å². The average Bonchev–Trinajstić information content (AvgIpc) is 2.59. The van der Waals surface area contributed by atoms with Gasteiger partial charge in [-0.1, -0.05) is 6.07 Å². The first-order valence-electron chi connectivity index (χ1n) is 8.17. The molecule has 2 aromatic heterocycles. The number of hydrogen-bond donors (Lipinski definition) is 2. The van der Waals surface area contributed by atoms with E-state index >= 15 is 0 Å². The lowest BCUT2D eigenvalue weighted by Crippen LogP contribution is -2.35. The Bertz CT molecular complexity index is 971. The molecule has 8 nitrogen and oxygen atoms in total. The van der Waals surface area contributed by atoms with Crippen LogP contribution in [0.3, 0.4) is 0 Å². The minimum atomic E-state index is -4.69. The van der Waals surface area contributed by atoms with Crippen LogP contribution in [0.4, 0.5) is 38.2 Å². The summed E-state index contributed by atoms with van der Waals surface area (Å²) in [4.78, 5) is 14.8. The minimum Gasteiger partial charge on any atom is -0.343 e. The molecule has 0 fully saturated rings. The molecule has 0 radical (unpaired) electrons. The molecular formula is C15H16F6N6O2S. The first-order valence-corrected chi connectivity index (χ1v) is 10.1. The van der Waals surface area contributed by atoms with Crippen molar-refractivity contribution in [3.05, 3.63) is 18.2 Å². The Labute approximate surface area is 167 Å². The highest BCUT2D eigenvalue weighted by molar-refractivity contribution is 7.90. The summed E-state index contributed by atoms with van der Waals surface area (Å²) in [6.07, 6.45) is -8.50. The topological polar surface area (TPSA) is 110 Å². The van der Waals surface area contributed by atoms with Crippen LogP contribution in [0.2, 0.25) is 0 Å². The third kappa shape index (κ3) is 6.14. The molecule has 30 heavy (non-hydrogen) atoms. The highest BCUT2D eigenvalue weighted by atomic mass is 32.2. The van der Waals surface area contributed by atoms with Gasteiger partial charge in [0.25, 0.3) is 0 Å². The van der Waals surface area contributed by atoms with Crippen molar-refractivity contribution in [2.24, 2.45) is 0 Å². The highest BCUT2D eigenvalue weighted by Gasteiger charge is 2.38. The lowest BCUT2D eigenvalue weighted by molar-refractivity contribution is -0.139. The summed E-state index contributed by atoms with van der Waals surface area (Å²) in [6, 6.07) is -0.570. The molecule has 0 saturated heterocycles. The number of halogens is 6. The quantitative estimate of drug-likeness (QED) is 0.636. The van der Waals surface area contributed by atoms with Gasteiger partial charge in [0.1, 0.15) is 17.8 Å². The number of nitrogens with one attached hydrogen (secondary N) is 2. The molecule has 2 N–H and O–H groups in total. The molecule has 0 aliphatic rings. The second kappa shape index (κ2) is 8.20. The van der Waals surface area contributed by atoms with Crippen LogP contribution in [0.5, 0.6) is 0 Å². The Morgan fingerprint density at radius 2 is 1.30 bits per heavy atom. The fraction of sp³-hybridized carbons (Fsp3) is 0.467. The van der Waals surface area contributed by atoms with Gasteiger partial charge in [-0.3, -0.25) is 0 Å². The average molecular weight is 458 g/mol. The smallest absolute Gasteiger partial charge is 0.343 e. The number of pyridine rings is 1. The Kier molecular flexibility index (Phi) is 6.44. The van der Waals surface area contributed by atoms with Crippen molar-refractivity contribution in [2.75, 3.05) is 16.9 Å². The van der Waals surface area contributed by atoms with Crippen molar-refractivity contribution >= 4 is 21.7 Å². The maximum absolute atomic E-state index is 12.8. The molecule has 2 atom stereocenters. The van der Waals surface area contributed by atoms with Gasteiger partial charge >= 0.3 is 12.4 Å². The molecule has 0 aliphatic carbocycles. The fourth-order valence-electron chi connectivity index (χ4n) is 1.92. The zero-order chi connectivity index (χ0) is 22.9. The molecule has 0 saturated carbocycles. The van der Waals surface area contributed by atoms with E-state index in [1.165, 1.54) is 12.1 Å². The van der Waals surface area contributed by atoms with E-state index in [-0.39, 0.29) is 10.7 Å². The maximum Gasteiger partial charge on any atom is 0.408 e. The van der Waals surface area contributed by atoms with E-state index in [9.17, 15) is 34.8 Å². The van der Waals surface area contributed by atoms with Crippen molar-refractivity contribution in [1.29, 1.82) is 0 Å². The van der Waals surface area contributed by atoms with E-state index in [1.807, 2.05) is 10.6 Å². The van der Waals surface area contributed by atoms with Crippen molar-refractivity contribution < 1.29 is 34.8 Å². The molecule has 0 aliphatic heterocycles. The van der Waals surface area contributed by atoms with Crippen molar-refractivity contribution in [2.45, 2.75) is 43.3 Å². The summed E-state index contributed by atoms with van der Waals surface area (Å²) < 4.78 is 100. The number of sulfone groups is 1. The summed E-state index contributed by atoms with van der Waals surface area (Å²) in [5.74, 6) is -1.77. The van der Waals surface area contributed by atoms with Crippen LogP contribution in [0.1, 0.15) is 13.8 Å². The van der Waals surface area contributed by atoms with Gasteiger partial charge in [0.15, 0.2) is 20.7 Å². The molecule has 2 heterocycles. The Morgan fingerprint density at radius 3 is 1.70 bits per heavy atom. The van der Waals surface area contributed by atoms with E-state index in [4.69, 9.17) is 0 Å². The number of anilines is 2. The second-order valence-electron chi connectivity index (χ2n) is 6.25. The third-order valence-electron chi connectivity index (χ3n) is 3.64. The Balaban J connectivity index is 2.53. The lowest BCUT2D eigenvalue weighted by atomic mass is 10.3. The largest absolute Gasteiger partial charge is 0.408 e. The summed E-state index contributed by atoms with van der Waals surface area (Å²) in [5, 5.41) is 3.49. The summed E-state index contributed by atoms with van der Waals surface area (Å²) in [7, 11) is -3.74. The molecule has 166 valence electrons. The van der Waals surface area contributed by atoms with E-state index in [0.29, 0.717) is 0 Å². The van der Waals surface area contributed by atoms with E-state index in [1.54, 1.807) is 0 Å². The third-order valence-corrected chi connectivity index (χ3v) is 4.63. The van der Waals surface area contributed by atoms with Crippen LogP contribution in [-0.4, -0.2) is 59.0 Å². The minimum absolute atomic E-state index is 0.189. The van der Waals surface area contributed by atoms with Gasteiger partial charge in [0.05, 0.1) is 0 Å². The lowest BCUT2D eigenvalue weighted by Gasteiger charge is -2.20. The molecule has 2 aromatic rings. The fourth-order valence-corrected chi connectivity index (χ4v) is 2.51. The van der Waals surface area contributed by atoms with E-state index in [2.05, 4.69) is 19.9 Å². The van der Waals surface area contributed by atoms with Gasteiger partial charge in [0.2, 0.25) is 11.9 Å². The molecule has 0 bridgehead atoms. The van der Waals surface area contributed by atoms with Crippen LogP contribution in [0, 0.1) is 0 Å². The van der Waals surface area contributed by atoms with Crippen LogP contribution >= 0.6 is 0 Å². The van der Waals surface area contributed by atoms with Crippen molar-refractivity contribution in [1.82, 2.24) is 19.9 Å². The number of hydrogen-bond acceptors (Lipinski definition) is 8. The normalized spacial score (nSPS) is 14.8. The number of nitrogens with zero attached hydrogens (tertiary/aromatic N) is 4. The summed E-state index contributed by atoms with van der Waals surface area (Å²) in [5.41, 5.74) is -0.189. The van der Waals surface area contributed by atoms with Gasteiger partial charge in [-0.15, -0.1) is 0 Å². The summed E-state index contributed by atoms with van der Waals surface area (Å²) in [6.45, 7) is 1.52. The van der Waals surface area contributed by atoms with Crippen LogP contribution < -0.4 is 10.6 Å². The van der Waals surface area contributed by atoms with Crippen LogP contribution in [-0.2, 0) is 9.84 Å². The van der Waals surface area contributed by atoms with Crippen LogP contribution in [0.15, 0.2) is 23.2 Å².